The van der Waals surface area contributed by atoms with Crippen molar-refractivity contribution in [3.8, 4) is 0 Å². The average molecular weight is 821 g/mol. The normalized spacial score (nSPS) is 21.0. The van der Waals surface area contributed by atoms with Gasteiger partial charge < -0.3 is 34.3 Å². The molecule has 56 heavy (non-hydrogen) atoms. The lowest BCUT2D eigenvalue weighted by molar-refractivity contribution is -0.301. The molecule has 0 spiro atoms. The molecule has 1 aliphatic rings. The summed E-state index contributed by atoms with van der Waals surface area (Å²) in [6, 6.07) is 0. The van der Waals surface area contributed by atoms with Gasteiger partial charge in [-0.25, -0.2) is 4.18 Å². The number of carbonyl (C=O) groups excluding carboxylic acids is 1. The Morgan fingerprint density at radius 2 is 1.12 bits per heavy atom. The third-order valence-corrected chi connectivity index (χ3v) is 10.5. The van der Waals surface area contributed by atoms with Crippen molar-refractivity contribution in [3.63, 3.8) is 0 Å². The van der Waals surface area contributed by atoms with E-state index in [9.17, 15) is 28.5 Å². The Morgan fingerprint density at radius 3 is 1.62 bits per heavy atom. The van der Waals surface area contributed by atoms with Gasteiger partial charge in [0.1, 0.15) is 30.5 Å². The Kier molecular flexibility index (Phi) is 33.4. The molecule has 1 saturated heterocycles. The van der Waals surface area contributed by atoms with Crippen LogP contribution in [0, 0.1) is 0 Å². The summed E-state index contributed by atoms with van der Waals surface area (Å²) in [5.74, 6) is -0.410. The van der Waals surface area contributed by atoms with Gasteiger partial charge in [0.2, 0.25) is 0 Å². The lowest BCUT2D eigenvalue weighted by Gasteiger charge is -2.41. The molecule has 1 rings (SSSR count). The molecule has 0 aromatic heterocycles. The Balaban J connectivity index is 2.46. The quantitative estimate of drug-likeness (QED) is 0.0202. The maximum Gasteiger partial charge on any atom is 0.397 e. The number of unbranched alkanes of at least 4 members (excludes halogenated alkanes) is 21. The molecule has 0 aromatic rings. The largest absolute Gasteiger partial charge is 0.457 e. The van der Waals surface area contributed by atoms with Gasteiger partial charge in [-0.3, -0.25) is 9.35 Å². The highest BCUT2D eigenvalue weighted by atomic mass is 32.3. The molecular weight excluding hydrogens is 741 g/mol. The van der Waals surface area contributed by atoms with Crippen LogP contribution in [0.25, 0.3) is 0 Å². The molecule has 0 aliphatic carbocycles. The fourth-order valence-electron chi connectivity index (χ4n) is 6.66. The number of ether oxygens (including phenoxy) is 4. The van der Waals surface area contributed by atoms with Crippen molar-refractivity contribution >= 4 is 16.4 Å². The fraction of sp³-hybridized carbons (Fsp3) is 0.884. The maximum absolute atomic E-state index is 12.8. The first-order chi connectivity index (χ1) is 27.1. The number of hydrogen-bond acceptors (Lipinski definition) is 11. The second-order valence-corrected chi connectivity index (χ2v) is 16.3. The summed E-state index contributed by atoms with van der Waals surface area (Å²) in [6.07, 6.45) is 29.2. The van der Waals surface area contributed by atoms with E-state index in [1.807, 2.05) is 0 Å². The predicted octanol–water partition coefficient (Wildman–Crippen LogP) is 8.85. The molecule has 0 saturated carbocycles. The maximum atomic E-state index is 12.8. The zero-order valence-corrected chi connectivity index (χ0v) is 35.8. The number of allylic oxidation sites excluding steroid dienone is 4. The summed E-state index contributed by atoms with van der Waals surface area (Å²) in [5.41, 5.74) is 0. The third kappa shape index (κ3) is 28.9. The molecule has 6 atom stereocenters. The fourth-order valence-corrected chi connectivity index (χ4v) is 7.17. The van der Waals surface area contributed by atoms with Crippen LogP contribution in [0.3, 0.4) is 0 Å². The van der Waals surface area contributed by atoms with E-state index in [-0.39, 0.29) is 19.6 Å². The van der Waals surface area contributed by atoms with Crippen LogP contribution in [-0.4, -0.2) is 97.5 Å². The van der Waals surface area contributed by atoms with Gasteiger partial charge in [-0.05, 0) is 64.2 Å². The average Bonchev–Trinajstić information content (AvgIpc) is 3.17. The van der Waals surface area contributed by atoms with Crippen LogP contribution in [0.2, 0.25) is 0 Å². The highest BCUT2D eigenvalue weighted by Crippen LogP contribution is 2.26. The number of hydrogen-bond donors (Lipinski definition) is 4. The van der Waals surface area contributed by atoms with Gasteiger partial charge in [0.15, 0.2) is 6.29 Å². The Labute approximate surface area is 340 Å². The van der Waals surface area contributed by atoms with E-state index in [1.54, 1.807) is 0 Å². The number of aliphatic hydroxyl groups is 3. The van der Waals surface area contributed by atoms with Crippen molar-refractivity contribution in [1.82, 2.24) is 0 Å². The highest BCUT2D eigenvalue weighted by Gasteiger charge is 2.48. The number of esters is 1. The van der Waals surface area contributed by atoms with Crippen LogP contribution >= 0.6 is 0 Å². The van der Waals surface area contributed by atoms with E-state index in [0.29, 0.717) is 13.0 Å². The summed E-state index contributed by atoms with van der Waals surface area (Å²) < 4.78 is 59.0. The molecule has 0 radical (unpaired) electrons. The van der Waals surface area contributed by atoms with E-state index in [4.69, 9.17) is 23.5 Å². The molecule has 1 fully saturated rings. The summed E-state index contributed by atoms with van der Waals surface area (Å²) in [6.45, 7) is 3.95. The minimum absolute atomic E-state index is 0.0305. The third-order valence-electron chi connectivity index (χ3n) is 10.0. The highest BCUT2D eigenvalue weighted by molar-refractivity contribution is 7.80. The van der Waals surface area contributed by atoms with Crippen LogP contribution < -0.4 is 0 Å². The van der Waals surface area contributed by atoms with Crippen LogP contribution in [0.15, 0.2) is 24.3 Å². The molecule has 12 nitrogen and oxygen atoms in total. The van der Waals surface area contributed by atoms with Crippen molar-refractivity contribution in [2.45, 2.75) is 218 Å². The van der Waals surface area contributed by atoms with Gasteiger partial charge >= 0.3 is 16.4 Å². The van der Waals surface area contributed by atoms with Crippen molar-refractivity contribution in [2.24, 2.45) is 0 Å². The molecular formula is C43H80O12S. The lowest BCUT2D eigenvalue weighted by Crippen LogP contribution is -2.60. The van der Waals surface area contributed by atoms with Crippen molar-refractivity contribution in [3.05, 3.63) is 24.3 Å². The van der Waals surface area contributed by atoms with E-state index < -0.39 is 59.8 Å². The molecule has 0 aromatic carbocycles. The SMILES string of the molecule is CCCCCC/C=C\CCCCCCCCOCC(COC1OC(CO)C(O)C(OS(=O)(=O)O)C1O)OC(=O)CCCCCCC/C=C\CCCCCCCC. The van der Waals surface area contributed by atoms with Crippen LogP contribution in [0.1, 0.15) is 181 Å². The predicted molar refractivity (Wildman–Crippen MR) is 221 cm³/mol. The van der Waals surface area contributed by atoms with E-state index >= 15 is 0 Å². The molecule has 6 unspecified atom stereocenters. The smallest absolute Gasteiger partial charge is 0.397 e. The summed E-state index contributed by atoms with van der Waals surface area (Å²) in [7, 11) is -5.06. The number of rotatable bonds is 38. The first-order valence-corrected chi connectivity index (χ1v) is 23.5. The van der Waals surface area contributed by atoms with Gasteiger partial charge in [0, 0.05) is 13.0 Å². The molecule has 0 bridgehead atoms. The molecule has 330 valence electrons. The van der Waals surface area contributed by atoms with Crippen LogP contribution in [0.5, 0.6) is 0 Å². The first-order valence-electron chi connectivity index (χ1n) is 22.1. The number of carbonyl (C=O) groups is 1. The lowest BCUT2D eigenvalue weighted by atomic mass is 9.99. The van der Waals surface area contributed by atoms with E-state index in [0.717, 1.165) is 64.2 Å². The van der Waals surface area contributed by atoms with Crippen LogP contribution in [0.4, 0.5) is 0 Å². The molecule has 4 N–H and O–H groups in total. The Bertz CT molecular complexity index is 1080. The zero-order valence-electron chi connectivity index (χ0n) is 34.9. The number of aliphatic hydroxyl groups excluding tert-OH is 3. The summed E-state index contributed by atoms with van der Waals surface area (Å²) in [4.78, 5) is 12.8. The first kappa shape index (κ1) is 52.6. The van der Waals surface area contributed by atoms with Crippen molar-refractivity contribution in [2.75, 3.05) is 26.4 Å². The molecule has 0 amide bonds. The standard InChI is InChI=1S/C43H80O12S/c1-3-5-7-9-11-13-15-17-19-20-22-24-26-28-30-32-39(45)53-37(35-51-33-31-29-27-25-23-21-18-16-14-12-10-8-6-4-2)36-52-43-41(47)42(55-56(48,49)50)40(46)38(34-44)54-43/h14,16-17,19,37-38,40-44,46-47H,3-13,15,18,20-36H2,1-2H3,(H,48,49,50)/b16-14-,19-17-. The molecule has 1 heterocycles. The monoisotopic (exact) mass is 821 g/mol. The van der Waals surface area contributed by atoms with Gasteiger partial charge in [0.05, 0.1) is 19.8 Å². The topological polar surface area (TPSA) is 178 Å². The zero-order chi connectivity index (χ0) is 41.1. The van der Waals surface area contributed by atoms with Gasteiger partial charge in [0.25, 0.3) is 0 Å². The van der Waals surface area contributed by atoms with Gasteiger partial charge in [-0.2, -0.15) is 8.42 Å². The van der Waals surface area contributed by atoms with Gasteiger partial charge in [-0.1, -0.05) is 134 Å². The van der Waals surface area contributed by atoms with Gasteiger partial charge in [-0.15, -0.1) is 0 Å². The van der Waals surface area contributed by atoms with Crippen LogP contribution in [-0.2, 0) is 38.3 Å². The van der Waals surface area contributed by atoms with Crippen molar-refractivity contribution in [1.29, 1.82) is 0 Å². The summed E-state index contributed by atoms with van der Waals surface area (Å²) in [5, 5.41) is 30.6. The van der Waals surface area contributed by atoms with E-state index in [1.165, 1.54) is 89.9 Å². The van der Waals surface area contributed by atoms with E-state index in [2.05, 4.69) is 42.3 Å². The Morgan fingerprint density at radius 1 is 0.661 bits per heavy atom. The summed E-state index contributed by atoms with van der Waals surface area (Å²) >= 11 is 0. The van der Waals surface area contributed by atoms with Crippen molar-refractivity contribution < 1.29 is 56.2 Å². The Hall–Kier alpha value is -1.42. The second kappa shape index (κ2) is 35.5. The molecule has 13 heteroatoms. The second-order valence-electron chi connectivity index (χ2n) is 15.3. The minimum atomic E-state index is -5.06. The molecule has 1 aliphatic heterocycles. The minimum Gasteiger partial charge on any atom is -0.457 e.